The number of benzene rings is 1. The highest BCUT2D eigenvalue weighted by Gasteiger charge is 2.05. The Kier molecular flexibility index (Phi) is 5.19. The molecule has 0 aliphatic heterocycles. The van der Waals surface area contributed by atoms with Gasteiger partial charge in [-0.25, -0.2) is 4.98 Å². The van der Waals surface area contributed by atoms with Gasteiger partial charge in [0.15, 0.2) is 0 Å². The number of carbonyl (C=O) groups is 1. The maximum atomic E-state index is 11.8. The zero-order valence-corrected chi connectivity index (χ0v) is 13.9. The standard InChI is InChI=1S/C17H18N2OS2/c20-16(10-9-13-5-4-12-21-13)18-11-3-8-17-19-14-6-1-2-7-15(14)22-17/h1-2,4-7,12H,3,8-11H2,(H,18,20). The summed E-state index contributed by atoms with van der Waals surface area (Å²) in [4.78, 5) is 17.6. The number of fused-ring (bicyclic) bond motifs is 1. The third-order valence-corrected chi connectivity index (χ3v) is 5.44. The van der Waals surface area contributed by atoms with Gasteiger partial charge in [-0.3, -0.25) is 4.79 Å². The Balaban J connectivity index is 1.37. The van der Waals surface area contributed by atoms with Crippen molar-refractivity contribution in [3.8, 4) is 0 Å². The second-order valence-electron chi connectivity index (χ2n) is 5.11. The van der Waals surface area contributed by atoms with Gasteiger partial charge in [0.05, 0.1) is 15.2 Å². The quantitative estimate of drug-likeness (QED) is 0.664. The van der Waals surface area contributed by atoms with Crippen LogP contribution in [0.3, 0.4) is 0 Å². The van der Waals surface area contributed by atoms with Gasteiger partial charge in [-0.15, -0.1) is 22.7 Å². The molecule has 1 N–H and O–H groups in total. The van der Waals surface area contributed by atoms with Crippen molar-refractivity contribution in [2.75, 3.05) is 6.54 Å². The monoisotopic (exact) mass is 330 g/mol. The second kappa shape index (κ2) is 7.51. The molecule has 0 aliphatic carbocycles. The van der Waals surface area contributed by atoms with E-state index in [9.17, 15) is 4.79 Å². The molecule has 114 valence electrons. The van der Waals surface area contributed by atoms with E-state index < -0.39 is 0 Å². The molecule has 5 heteroatoms. The van der Waals surface area contributed by atoms with Gasteiger partial charge in [-0.2, -0.15) is 0 Å². The van der Waals surface area contributed by atoms with Crippen molar-refractivity contribution < 1.29 is 4.79 Å². The average Bonchev–Trinajstić information content (AvgIpc) is 3.18. The predicted molar refractivity (Wildman–Crippen MR) is 93.6 cm³/mol. The number of hydrogen-bond donors (Lipinski definition) is 1. The number of thiophene rings is 1. The summed E-state index contributed by atoms with van der Waals surface area (Å²) in [6.07, 6.45) is 3.26. The van der Waals surface area contributed by atoms with Crippen LogP contribution in [-0.2, 0) is 17.6 Å². The number of carbonyl (C=O) groups excluding carboxylic acids is 1. The van der Waals surface area contributed by atoms with Crippen LogP contribution in [0.4, 0.5) is 0 Å². The first-order valence-electron chi connectivity index (χ1n) is 7.45. The van der Waals surface area contributed by atoms with Crippen LogP contribution >= 0.6 is 22.7 Å². The summed E-state index contributed by atoms with van der Waals surface area (Å²) in [5.41, 5.74) is 1.07. The largest absolute Gasteiger partial charge is 0.356 e. The number of hydrogen-bond acceptors (Lipinski definition) is 4. The van der Waals surface area contributed by atoms with Crippen LogP contribution in [0, 0.1) is 0 Å². The fourth-order valence-corrected chi connectivity index (χ4v) is 3.99. The number of nitrogens with zero attached hydrogens (tertiary/aromatic N) is 1. The van der Waals surface area contributed by atoms with Crippen molar-refractivity contribution in [2.24, 2.45) is 0 Å². The number of nitrogens with one attached hydrogen (secondary N) is 1. The van der Waals surface area contributed by atoms with Crippen molar-refractivity contribution in [1.82, 2.24) is 10.3 Å². The Morgan fingerprint density at radius 1 is 1.14 bits per heavy atom. The molecular formula is C17H18N2OS2. The maximum absolute atomic E-state index is 11.8. The van der Waals surface area contributed by atoms with Gasteiger partial charge in [0.1, 0.15) is 0 Å². The van der Waals surface area contributed by atoms with Crippen molar-refractivity contribution in [3.63, 3.8) is 0 Å². The van der Waals surface area contributed by atoms with Gasteiger partial charge >= 0.3 is 0 Å². The topological polar surface area (TPSA) is 42.0 Å². The van der Waals surface area contributed by atoms with Gasteiger partial charge in [0.2, 0.25) is 5.91 Å². The Morgan fingerprint density at radius 2 is 2.05 bits per heavy atom. The molecule has 22 heavy (non-hydrogen) atoms. The minimum absolute atomic E-state index is 0.137. The number of rotatable bonds is 7. The average molecular weight is 330 g/mol. The zero-order valence-electron chi connectivity index (χ0n) is 12.2. The third kappa shape index (κ3) is 4.15. The molecule has 1 aromatic carbocycles. The van der Waals surface area contributed by atoms with E-state index >= 15 is 0 Å². The van der Waals surface area contributed by atoms with Crippen molar-refractivity contribution in [3.05, 3.63) is 51.7 Å². The molecule has 0 fully saturated rings. The van der Waals surface area contributed by atoms with E-state index in [-0.39, 0.29) is 5.91 Å². The summed E-state index contributed by atoms with van der Waals surface area (Å²) in [7, 11) is 0. The summed E-state index contributed by atoms with van der Waals surface area (Å²) in [6.45, 7) is 0.721. The lowest BCUT2D eigenvalue weighted by Crippen LogP contribution is -2.24. The Bertz CT molecular complexity index is 701. The highest BCUT2D eigenvalue weighted by Crippen LogP contribution is 2.22. The van der Waals surface area contributed by atoms with Crippen LogP contribution in [0.1, 0.15) is 22.7 Å². The summed E-state index contributed by atoms with van der Waals surface area (Å²) in [5, 5.41) is 6.19. The molecule has 0 saturated carbocycles. The molecule has 2 aromatic heterocycles. The van der Waals surface area contributed by atoms with Crippen LogP contribution < -0.4 is 5.32 Å². The first-order valence-corrected chi connectivity index (χ1v) is 9.14. The Labute approximate surface area is 138 Å². The smallest absolute Gasteiger partial charge is 0.220 e. The molecule has 2 heterocycles. The van der Waals surface area contributed by atoms with Gasteiger partial charge in [-0.05, 0) is 36.4 Å². The van der Waals surface area contributed by atoms with Crippen LogP contribution in [0.5, 0.6) is 0 Å². The summed E-state index contributed by atoms with van der Waals surface area (Å²) >= 11 is 3.45. The summed E-state index contributed by atoms with van der Waals surface area (Å²) in [6, 6.07) is 12.3. The number of aryl methyl sites for hydroxylation is 2. The highest BCUT2D eigenvalue weighted by atomic mass is 32.1. The number of para-hydroxylation sites is 1. The molecule has 0 saturated heterocycles. The van der Waals surface area contributed by atoms with E-state index in [1.807, 2.05) is 29.6 Å². The zero-order chi connectivity index (χ0) is 15.2. The molecule has 3 rings (SSSR count). The molecule has 3 nitrogen and oxygen atoms in total. The van der Waals surface area contributed by atoms with Gasteiger partial charge in [-0.1, -0.05) is 18.2 Å². The Hall–Kier alpha value is -1.72. The van der Waals surface area contributed by atoms with Crippen LogP contribution in [0.2, 0.25) is 0 Å². The lowest BCUT2D eigenvalue weighted by Gasteiger charge is -2.03. The molecule has 0 spiro atoms. The van der Waals surface area contributed by atoms with E-state index in [0.29, 0.717) is 6.42 Å². The minimum atomic E-state index is 0.137. The lowest BCUT2D eigenvalue weighted by molar-refractivity contribution is -0.121. The van der Waals surface area contributed by atoms with E-state index in [0.717, 1.165) is 36.3 Å². The molecule has 3 aromatic rings. The SMILES string of the molecule is O=C(CCc1cccs1)NCCCc1nc2ccccc2s1. The van der Waals surface area contributed by atoms with Crippen molar-refractivity contribution in [1.29, 1.82) is 0 Å². The van der Waals surface area contributed by atoms with E-state index in [2.05, 4.69) is 22.4 Å². The van der Waals surface area contributed by atoms with E-state index in [1.54, 1.807) is 22.7 Å². The number of aromatic nitrogens is 1. The molecular weight excluding hydrogens is 312 g/mol. The molecule has 0 atom stereocenters. The second-order valence-corrected chi connectivity index (χ2v) is 7.26. The highest BCUT2D eigenvalue weighted by molar-refractivity contribution is 7.18. The van der Waals surface area contributed by atoms with Gasteiger partial charge in [0.25, 0.3) is 0 Å². The van der Waals surface area contributed by atoms with Crippen molar-refractivity contribution in [2.45, 2.75) is 25.7 Å². The summed E-state index contributed by atoms with van der Waals surface area (Å²) in [5.74, 6) is 0.137. The fraction of sp³-hybridized carbons (Fsp3) is 0.294. The van der Waals surface area contributed by atoms with E-state index in [4.69, 9.17) is 0 Å². The maximum Gasteiger partial charge on any atom is 0.220 e. The fourth-order valence-electron chi connectivity index (χ4n) is 2.27. The van der Waals surface area contributed by atoms with Crippen molar-refractivity contribution >= 4 is 38.8 Å². The van der Waals surface area contributed by atoms with Gasteiger partial charge in [0, 0.05) is 24.3 Å². The molecule has 1 amide bonds. The first kappa shape index (κ1) is 15.2. The lowest BCUT2D eigenvalue weighted by atomic mass is 10.2. The van der Waals surface area contributed by atoms with Crippen LogP contribution in [0.15, 0.2) is 41.8 Å². The third-order valence-electron chi connectivity index (χ3n) is 3.41. The van der Waals surface area contributed by atoms with Gasteiger partial charge < -0.3 is 5.32 Å². The predicted octanol–water partition coefficient (Wildman–Crippen LogP) is 4.04. The number of amides is 1. The molecule has 0 bridgehead atoms. The Morgan fingerprint density at radius 3 is 2.86 bits per heavy atom. The summed E-state index contributed by atoms with van der Waals surface area (Å²) < 4.78 is 1.23. The van der Waals surface area contributed by atoms with Crippen LogP contribution in [-0.4, -0.2) is 17.4 Å². The molecule has 0 aliphatic rings. The number of thiazole rings is 1. The minimum Gasteiger partial charge on any atom is -0.356 e. The molecule has 0 unspecified atom stereocenters. The van der Waals surface area contributed by atoms with E-state index in [1.165, 1.54) is 9.58 Å². The molecule has 0 radical (unpaired) electrons. The first-order chi connectivity index (χ1) is 10.8. The normalized spacial score (nSPS) is 10.9. The van der Waals surface area contributed by atoms with Crippen LogP contribution in [0.25, 0.3) is 10.2 Å².